The van der Waals surface area contributed by atoms with E-state index in [0.717, 1.165) is 11.3 Å². The molecule has 0 radical (unpaired) electrons. The Kier molecular flexibility index (Phi) is 4.27. The number of aromatic hydroxyl groups is 1. The quantitative estimate of drug-likeness (QED) is 0.790. The van der Waals surface area contributed by atoms with Crippen molar-refractivity contribution in [1.29, 1.82) is 0 Å². The number of nitrogens with zero attached hydrogens (tertiary/aromatic N) is 1. The number of hydrogen-bond acceptors (Lipinski definition) is 5. The smallest absolute Gasteiger partial charge is 0.233 e. The maximum Gasteiger partial charge on any atom is 0.233 e. The average molecular weight is 377 g/mol. The zero-order chi connectivity index (χ0) is 19.5. The lowest BCUT2D eigenvalue weighted by Crippen LogP contribution is -2.53. The molecule has 0 unspecified atom stereocenters. The van der Waals surface area contributed by atoms with E-state index in [-0.39, 0.29) is 17.7 Å². The van der Waals surface area contributed by atoms with Gasteiger partial charge in [0.05, 0.1) is 17.9 Å². The van der Waals surface area contributed by atoms with Crippen molar-refractivity contribution in [2.45, 2.75) is 44.5 Å². The molecule has 146 valence electrons. The summed E-state index contributed by atoms with van der Waals surface area (Å²) in [6, 6.07) is 4.01. The van der Waals surface area contributed by atoms with Crippen molar-refractivity contribution in [3.8, 4) is 5.75 Å². The molecule has 2 heterocycles. The number of rotatable bonds is 3. The Bertz CT molecular complexity index is 799. The lowest BCUT2D eigenvalue weighted by molar-refractivity contribution is -0.270. The minimum Gasteiger partial charge on any atom is -0.505 e. The van der Waals surface area contributed by atoms with Crippen LogP contribution in [0.25, 0.3) is 0 Å². The molecule has 27 heavy (non-hydrogen) atoms. The number of phenolic OH excluding ortho intramolecular Hbond substituents is 1. The van der Waals surface area contributed by atoms with Gasteiger partial charge in [0, 0.05) is 18.9 Å². The number of fused-ring (bicyclic) bond motifs is 3. The van der Waals surface area contributed by atoms with Gasteiger partial charge in [-0.15, -0.1) is 0 Å². The van der Waals surface area contributed by atoms with Gasteiger partial charge < -0.3 is 14.9 Å². The highest BCUT2D eigenvalue weighted by atomic mass is 19.1. The van der Waals surface area contributed by atoms with Crippen LogP contribution in [0.1, 0.15) is 44.3 Å². The standard InChI is InChI=1S/C20H24FNO5/c1-3-4-11-8-12-17(19(25)22(2)18(12)24)13-9-16(27-20(11,13)26)10-5-6-15(23)14(21)7-10/h5-7,11-13,16-17,23,26H,3-4,8-9H2,1-2H3/t11-,12-,13-,16-,17-,20+/m0/s1. The molecule has 2 N–H and O–H groups in total. The van der Waals surface area contributed by atoms with E-state index in [1.807, 2.05) is 6.92 Å². The molecule has 7 heteroatoms. The van der Waals surface area contributed by atoms with Gasteiger partial charge in [0.25, 0.3) is 0 Å². The van der Waals surface area contributed by atoms with E-state index in [9.17, 15) is 24.2 Å². The van der Waals surface area contributed by atoms with Crippen molar-refractivity contribution in [3.05, 3.63) is 29.6 Å². The summed E-state index contributed by atoms with van der Waals surface area (Å²) in [5.41, 5.74) is 0.505. The second-order valence-electron chi connectivity index (χ2n) is 8.00. The number of amides is 2. The molecule has 6 atom stereocenters. The van der Waals surface area contributed by atoms with E-state index < -0.39 is 41.2 Å². The van der Waals surface area contributed by atoms with Gasteiger partial charge in [-0.25, -0.2) is 4.39 Å². The Morgan fingerprint density at radius 2 is 2.04 bits per heavy atom. The number of likely N-dealkylation sites (tertiary alicyclic amines) is 1. The normalized spacial score (nSPS) is 38.2. The van der Waals surface area contributed by atoms with Crippen LogP contribution in [-0.2, 0) is 14.3 Å². The number of phenols is 1. The monoisotopic (exact) mass is 377 g/mol. The van der Waals surface area contributed by atoms with E-state index in [1.165, 1.54) is 19.2 Å². The molecule has 1 aromatic carbocycles. The van der Waals surface area contributed by atoms with Gasteiger partial charge in [-0.05, 0) is 37.0 Å². The lowest BCUT2D eigenvalue weighted by Gasteiger charge is -2.44. The summed E-state index contributed by atoms with van der Waals surface area (Å²) in [7, 11) is 1.49. The summed E-state index contributed by atoms with van der Waals surface area (Å²) in [5.74, 6) is -4.99. The van der Waals surface area contributed by atoms with Crippen molar-refractivity contribution in [2.24, 2.45) is 23.7 Å². The van der Waals surface area contributed by atoms with Gasteiger partial charge in [0.1, 0.15) is 0 Å². The molecule has 1 aromatic rings. The van der Waals surface area contributed by atoms with Gasteiger partial charge >= 0.3 is 0 Å². The van der Waals surface area contributed by atoms with Crippen molar-refractivity contribution in [3.63, 3.8) is 0 Å². The largest absolute Gasteiger partial charge is 0.505 e. The van der Waals surface area contributed by atoms with Crippen LogP contribution in [-0.4, -0.2) is 39.8 Å². The summed E-state index contributed by atoms with van der Waals surface area (Å²) in [6.07, 6.45) is 1.64. The number of hydrogen-bond donors (Lipinski definition) is 2. The van der Waals surface area contributed by atoms with Crippen molar-refractivity contribution in [1.82, 2.24) is 4.90 Å². The molecule has 0 spiro atoms. The van der Waals surface area contributed by atoms with Crippen LogP contribution in [0.5, 0.6) is 5.75 Å². The highest BCUT2D eigenvalue weighted by Gasteiger charge is 2.65. The molecular formula is C20H24FNO5. The van der Waals surface area contributed by atoms with Crippen LogP contribution < -0.4 is 0 Å². The Balaban J connectivity index is 1.72. The van der Waals surface area contributed by atoms with E-state index in [2.05, 4.69) is 0 Å². The Labute approximate surface area is 156 Å². The molecule has 1 aliphatic carbocycles. The highest BCUT2D eigenvalue weighted by molar-refractivity contribution is 6.05. The summed E-state index contributed by atoms with van der Waals surface area (Å²) < 4.78 is 19.9. The van der Waals surface area contributed by atoms with Crippen LogP contribution >= 0.6 is 0 Å². The molecule has 6 nitrogen and oxygen atoms in total. The van der Waals surface area contributed by atoms with Crippen molar-refractivity contribution in [2.75, 3.05) is 7.05 Å². The molecule has 2 saturated heterocycles. The summed E-state index contributed by atoms with van der Waals surface area (Å²) >= 11 is 0. The maximum atomic E-state index is 13.8. The van der Waals surface area contributed by atoms with Crippen molar-refractivity contribution < 1.29 is 28.9 Å². The lowest BCUT2D eigenvalue weighted by atomic mass is 9.63. The third-order valence-corrected chi connectivity index (χ3v) is 6.56. The number of halogens is 1. The fraction of sp³-hybridized carbons (Fsp3) is 0.600. The first-order valence-electron chi connectivity index (χ1n) is 9.48. The molecule has 1 saturated carbocycles. The van der Waals surface area contributed by atoms with Crippen molar-refractivity contribution >= 4 is 11.8 Å². The highest BCUT2D eigenvalue weighted by Crippen LogP contribution is 2.58. The fourth-order valence-corrected chi connectivity index (χ4v) is 5.25. The number of imide groups is 1. The second-order valence-corrected chi connectivity index (χ2v) is 8.00. The molecule has 3 fully saturated rings. The Hall–Kier alpha value is -1.99. The third kappa shape index (κ3) is 2.59. The molecule has 2 aliphatic heterocycles. The minimum absolute atomic E-state index is 0.188. The molecule has 2 amide bonds. The maximum absolute atomic E-state index is 13.8. The predicted octanol–water partition coefficient (Wildman–Crippen LogP) is 2.35. The van der Waals surface area contributed by atoms with Gasteiger partial charge in [-0.1, -0.05) is 19.4 Å². The zero-order valence-electron chi connectivity index (χ0n) is 15.4. The zero-order valence-corrected chi connectivity index (χ0v) is 15.4. The molecule has 4 rings (SSSR count). The number of carbonyl (C=O) groups is 2. The van der Waals surface area contributed by atoms with Gasteiger partial charge in [0.2, 0.25) is 11.8 Å². The average Bonchev–Trinajstić information content (AvgIpc) is 3.09. The number of aliphatic hydroxyl groups is 1. The van der Waals surface area contributed by atoms with Crippen LogP contribution in [0.15, 0.2) is 18.2 Å². The summed E-state index contributed by atoms with van der Waals surface area (Å²) in [5, 5.41) is 20.9. The van der Waals surface area contributed by atoms with Crippen LogP contribution in [0.3, 0.4) is 0 Å². The number of ether oxygens (including phenoxy) is 1. The third-order valence-electron chi connectivity index (χ3n) is 6.56. The summed E-state index contributed by atoms with van der Waals surface area (Å²) in [6.45, 7) is 2.00. The van der Waals surface area contributed by atoms with Crippen LogP contribution in [0, 0.1) is 29.5 Å². The molecule has 3 aliphatic rings. The Morgan fingerprint density at radius 3 is 2.70 bits per heavy atom. The first-order chi connectivity index (χ1) is 12.8. The first-order valence-corrected chi connectivity index (χ1v) is 9.48. The number of benzene rings is 1. The van der Waals surface area contributed by atoms with E-state index in [0.29, 0.717) is 24.8 Å². The first kappa shape index (κ1) is 18.4. The Morgan fingerprint density at radius 1 is 1.30 bits per heavy atom. The van der Waals surface area contributed by atoms with E-state index in [1.54, 1.807) is 6.07 Å². The molecular weight excluding hydrogens is 353 g/mol. The van der Waals surface area contributed by atoms with Crippen LogP contribution in [0.4, 0.5) is 4.39 Å². The molecule has 0 aromatic heterocycles. The van der Waals surface area contributed by atoms with Gasteiger partial charge in [0.15, 0.2) is 17.4 Å². The number of carbonyl (C=O) groups excluding carboxylic acids is 2. The van der Waals surface area contributed by atoms with Gasteiger partial charge in [-0.3, -0.25) is 14.5 Å². The SMILES string of the molecule is CCC[C@H]1C[C@@H]2C(=O)N(C)C(=O)[C@@H]2[C@@H]2C[C@@H](c3ccc(O)c(F)c3)O[C@]12O. The fourth-order valence-electron chi connectivity index (χ4n) is 5.25. The second kappa shape index (κ2) is 6.27. The van der Waals surface area contributed by atoms with E-state index >= 15 is 0 Å². The predicted molar refractivity (Wildman–Crippen MR) is 92.7 cm³/mol. The van der Waals surface area contributed by atoms with Crippen LogP contribution in [0.2, 0.25) is 0 Å². The minimum atomic E-state index is -1.52. The summed E-state index contributed by atoms with van der Waals surface area (Å²) in [4.78, 5) is 26.4. The molecule has 0 bridgehead atoms. The topological polar surface area (TPSA) is 87.1 Å². The van der Waals surface area contributed by atoms with Gasteiger partial charge in [-0.2, -0.15) is 0 Å². The van der Waals surface area contributed by atoms with E-state index in [4.69, 9.17) is 4.74 Å².